The van der Waals surface area contributed by atoms with Crippen molar-refractivity contribution in [1.29, 1.82) is 0 Å². The minimum absolute atomic E-state index is 0.0227. The van der Waals surface area contributed by atoms with E-state index >= 15 is 0 Å². The van der Waals surface area contributed by atoms with Gasteiger partial charge in [0.2, 0.25) is 0 Å². The van der Waals surface area contributed by atoms with Crippen LogP contribution in [0.5, 0.6) is 0 Å². The lowest BCUT2D eigenvalue weighted by atomic mass is 10.1. The molecule has 1 unspecified atom stereocenters. The molecule has 3 rings (SSSR count). The maximum atomic E-state index is 13.0. The first-order valence-electron chi connectivity index (χ1n) is 6.07. The van der Waals surface area contributed by atoms with Crippen molar-refractivity contribution in [2.45, 2.75) is 13.0 Å². The van der Waals surface area contributed by atoms with Crippen molar-refractivity contribution in [3.8, 4) is 0 Å². The number of benzene rings is 1. The van der Waals surface area contributed by atoms with E-state index in [0.29, 0.717) is 4.77 Å². The highest BCUT2D eigenvalue weighted by atomic mass is 79.9. The summed E-state index contributed by atoms with van der Waals surface area (Å²) in [6.45, 7) is 2.01. The summed E-state index contributed by atoms with van der Waals surface area (Å²) < 4.78 is 16.4. The average Bonchev–Trinajstić information content (AvgIpc) is 2.73. The van der Waals surface area contributed by atoms with Gasteiger partial charge in [-0.25, -0.2) is 9.37 Å². The fraction of sp³-hybridized carbons (Fsp3) is 0.143. The lowest BCUT2D eigenvalue weighted by molar-refractivity contribution is 0.617. The molecule has 2 aromatic heterocycles. The molecule has 102 valence electrons. The number of halogens is 2. The third-order valence-corrected chi connectivity index (χ3v) is 3.99. The Bertz CT molecular complexity index is 823. The fourth-order valence-electron chi connectivity index (χ4n) is 2.24. The van der Waals surface area contributed by atoms with Gasteiger partial charge in [0.15, 0.2) is 10.4 Å². The Morgan fingerprint density at radius 2 is 2.05 bits per heavy atom. The van der Waals surface area contributed by atoms with Crippen molar-refractivity contribution in [2.75, 3.05) is 0 Å². The summed E-state index contributed by atoms with van der Waals surface area (Å²) in [6.07, 6.45) is 1.73. The van der Waals surface area contributed by atoms with Crippen LogP contribution in [0.25, 0.3) is 11.2 Å². The second-order valence-corrected chi connectivity index (χ2v) is 5.85. The van der Waals surface area contributed by atoms with E-state index in [2.05, 4.69) is 25.9 Å². The Kier molecular flexibility index (Phi) is 3.43. The van der Waals surface area contributed by atoms with E-state index in [1.807, 2.05) is 17.6 Å². The van der Waals surface area contributed by atoms with Crippen LogP contribution in [-0.2, 0) is 0 Å². The minimum atomic E-state index is -0.245. The van der Waals surface area contributed by atoms with Crippen molar-refractivity contribution < 1.29 is 4.39 Å². The standard InChI is InChI=1S/C14H11BrFN3S/c1-8(9-2-4-11(16)5-3-9)19-13-12(18-14(19)20)6-10(15)7-17-13/h2-8H,1H3,(H,18,20). The summed E-state index contributed by atoms with van der Waals surface area (Å²) in [5, 5.41) is 0. The number of aromatic nitrogens is 3. The molecular weight excluding hydrogens is 341 g/mol. The van der Waals surface area contributed by atoms with Crippen molar-refractivity contribution in [3.63, 3.8) is 0 Å². The van der Waals surface area contributed by atoms with Crippen LogP contribution in [0.2, 0.25) is 0 Å². The number of nitrogens with one attached hydrogen (secondary N) is 1. The van der Waals surface area contributed by atoms with Gasteiger partial charge < -0.3 is 4.98 Å². The quantitative estimate of drug-likeness (QED) is 0.684. The Hall–Kier alpha value is -1.53. The van der Waals surface area contributed by atoms with Gasteiger partial charge in [0, 0.05) is 10.7 Å². The summed E-state index contributed by atoms with van der Waals surface area (Å²) in [6, 6.07) is 8.35. The van der Waals surface area contributed by atoms with Crippen LogP contribution < -0.4 is 0 Å². The Labute approximate surface area is 128 Å². The van der Waals surface area contributed by atoms with Crippen molar-refractivity contribution in [1.82, 2.24) is 14.5 Å². The molecule has 0 radical (unpaired) electrons. The number of H-pyrrole nitrogens is 1. The van der Waals surface area contributed by atoms with Gasteiger partial charge in [0.25, 0.3) is 0 Å². The van der Waals surface area contributed by atoms with E-state index < -0.39 is 0 Å². The van der Waals surface area contributed by atoms with Crippen molar-refractivity contribution in [2.24, 2.45) is 0 Å². The summed E-state index contributed by atoms with van der Waals surface area (Å²) in [4.78, 5) is 7.55. The van der Waals surface area contributed by atoms with E-state index in [-0.39, 0.29) is 11.9 Å². The number of hydrogen-bond donors (Lipinski definition) is 1. The highest BCUT2D eigenvalue weighted by molar-refractivity contribution is 9.10. The first-order chi connectivity index (χ1) is 9.56. The van der Waals surface area contributed by atoms with Gasteiger partial charge in [0.05, 0.1) is 11.6 Å². The van der Waals surface area contributed by atoms with Crippen molar-refractivity contribution in [3.05, 3.63) is 57.2 Å². The van der Waals surface area contributed by atoms with Crippen molar-refractivity contribution >= 4 is 39.3 Å². The topological polar surface area (TPSA) is 33.6 Å². The minimum Gasteiger partial charge on any atom is -0.329 e. The molecule has 1 N–H and O–H groups in total. The maximum Gasteiger partial charge on any atom is 0.179 e. The molecule has 0 spiro atoms. The van der Waals surface area contributed by atoms with Gasteiger partial charge >= 0.3 is 0 Å². The van der Waals surface area contributed by atoms with Crippen LogP contribution in [0.3, 0.4) is 0 Å². The first kappa shape index (κ1) is 13.5. The number of hydrogen-bond acceptors (Lipinski definition) is 2. The lowest BCUT2D eigenvalue weighted by Gasteiger charge is -2.14. The summed E-state index contributed by atoms with van der Waals surface area (Å²) >= 11 is 8.76. The van der Waals surface area contributed by atoms with Crippen LogP contribution >= 0.6 is 28.1 Å². The molecular formula is C14H11BrFN3S. The number of nitrogens with zero attached hydrogens (tertiary/aromatic N) is 2. The van der Waals surface area contributed by atoms with Gasteiger partial charge in [-0.3, -0.25) is 4.57 Å². The molecule has 3 nitrogen and oxygen atoms in total. The fourth-order valence-corrected chi connectivity index (χ4v) is 2.92. The molecule has 6 heteroatoms. The van der Waals surface area contributed by atoms with E-state index in [9.17, 15) is 4.39 Å². The number of pyridine rings is 1. The molecule has 1 aromatic carbocycles. The number of imidazole rings is 1. The Morgan fingerprint density at radius 3 is 2.75 bits per heavy atom. The molecule has 2 heterocycles. The predicted molar refractivity (Wildman–Crippen MR) is 82.8 cm³/mol. The van der Waals surface area contributed by atoms with E-state index in [1.54, 1.807) is 18.3 Å². The molecule has 0 saturated heterocycles. The normalized spacial score (nSPS) is 12.8. The number of aromatic amines is 1. The largest absolute Gasteiger partial charge is 0.329 e. The molecule has 3 aromatic rings. The average molecular weight is 352 g/mol. The second-order valence-electron chi connectivity index (χ2n) is 4.55. The zero-order valence-electron chi connectivity index (χ0n) is 10.6. The highest BCUT2D eigenvalue weighted by Gasteiger charge is 2.14. The SMILES string of the molecule is CC(c1ccc(F)cc1)n1c(=S)[nH]c2cc(Br)cnc21. The molecule has 1 atom stereocenters. The molecule has 0 bridgehead atoms. The molecule has 0 aliphatic heterocycles. The molecule has 0 aliphatic rings. The summed E-state index contributed by atoms with van der Waals surface area (Å²) in [7, 11) is 0. The summed E-state index contributed by atoms with van der Waals surface area (Å²) in [5.74, 6) is -0.245. The highest BCUT2D eigenvalue weighted by Crippen LogP contribution is 2.24. The van der Waals surface area contributed by atoms with Crippen LogP contribution in [0.15, 0.2) is 41.0 Å². The van der Waals surface area contributed by atoms with Crippen LogP contribution in [0, 0.1) is 10.6 Å². The first-order valence-corrected chi connectivity index (χ1v) is 7.27. The maximum absolute atomic E-state index is 13.0. The predicted octanol–water partition coefficient (Wildman–Crippen LogP) is 4.60. The molecule has 0 aliphatic carbocycles. The second kappa shape index (κ2) is 5.10. The van der Waals surface area contributed by atoms with Crippen LogP contribution in [0.1, 0.15) is 18.5 Å². The van der Waals surface area contributed by atoms with Gasteiger partial charge in [0.1, 0.15) is 5.82 Å². The van der Waals surface area contributed by atoms with Gasteiger partial charge in [-0.15, -0.1) is 0 Å². The third kappa shape index (κ3) is 2.29. The van der Waals surface area contributed by atoms with Crippen LogP contribution in [-0.4, -0.2) is 14.5 Å². The van der Waals surface area contributed by atoms with Gasteiger partial charge in [-0.05, 0) is 58.8 Å². The Balaban J connectivity index is 2.16. The van der Waals surface area contributed by atoms with E-state index in [4.69, 9.17) is 12.2 Å². The van der Waals surface area contributed by atoms with Gasteiger partial charge in [-0.1, -0.05) is 12.1 Å². The zero-order chi connectivity index (χ0) is 14.3. The zero-order valence-corrected chi connectivity index (χ0v) is 13.0. The number of rotatable bonds is 2. The monoisotopic (exact) mass is 351 g/mol. The molecule has 0 saturated carbocycles. The van der Waals surface area contributed by atoms with Gasteiger partial charge in [-0.2, -0.15) is 0 Å². The number of fused-ring (bicyclic) bond motifs is 1. The summed E-state index contributed by atoms with van der Waals surface area (Å²) in [5.41, 5.74) is 2.64. The molecule has 0 fully saturated rings. The smallest absolute Gasteiger partial charge is 0.179 e. The van der Waals surface area contributed by atoms with Crippen LogP contribution in [0.4, 0.5) is 4.39 Å². The van der Waals surface area contributed by atoms with E-state index in [1.165, 1.54) is 12.1 Å². The molecule has 20 heavy (non-hydrogen) atoms. The third-order valence-electron chi connectivity index (χ3n) is 3.26. The van der Waals surface area contributed by atoms with E-state index in [0.717, 1.165) is 21.2 Å². The lowest BCUT2D eigenvalue weighted by Crippen LogP contribution is -2.07. The molecule has 0 amide bonds. The Morgan fingerprint density at radius 1 is 1.35 bits per heavy atom.